The number of likely N-dealkylation sites (tertiary alicyclic amines) is 1. The van der Waals surface area contributed by atoms with Crippen molar-refractivity contribution in [2.45, 2.75) is 25.4 Å². The molecule has 0 radical (unpaired) electrons. The molecule has 1 aromatic carbocycles. The van der Waals surface area contributed by atoms with E-state index in [9.17, 15) is 4.39 Å². The first-order chi connectivity index (χ1) is 7.66. The molecule has 1 heterocycles. The van der Waals surface area contributed by atoms with Crippen molar-refractivity contribution >= 4 is 11.6 Å². The van der Waals surface area contributed by atoms with E-state index in [1.165, 1.54) is 0 Å². The van der Waals surface area contributed by atoms with Gasteiger partial charge in [-0.3, -0.25) is 4.90 Å². The smallest absolute Gasteiger partial charge is 0.146 e. The molecule has 1 fully saturated rings. The van der Waals surface area contributed by atoms with Gasteiger partial charge in [0, 0.05) is 18.2 Å². The Labute approximate surface area is 100 Å². The maximum Gasteiger partial charge on any atom is 0.146 e. The molecule has 0 bridgehead atoms. The highest BCUT2D eigenvalue weighted by atomic mass is 35.5. The van der Waals surface area contributed by atoms with Crippen LogP contribution in [0.1, 0.15) is 18.4 Å². The maximum atomic E-state index is 13.7. The van der Waals surface area contributed by atoms with E-state index < -0.39 is 0 Å². The van der Waals surface area contributed by atoms with Crippen LogP contribution in [-0.2, 0) is 6.54 Å². The Balaban J connectivity index is 2.01. The van der Waals surface area contributed by atoms with E-state index in [-0.39, 0.29) is 10.8 Å². The molecule has 0 atom stereocenters. The molecule has 0 amide bonds. The maximum absolute atomic E-state index is 13.7. The van der Waals surface area contributed by atoms with Crippen molar-refractivity contribution in [2.24, 2.45) is 5.73 Å². The summed E-state index contributed by atoms with van der Waals surface area (Å²) in [7, 11) is 0. The van der Waals surface area contributed by atoms with Gasteiger partial charge in [0.05, 0.1) is 5.02 Å². The largest absolute Gasteiger partial charge is 0.328 e. The standard InChI is InChI=1S/C12H16ClFN2/c13-11-3-1-2-9(12(11)14)8-16-6-4-10(15)5-7-16/h1-3,10H,4-8,15H2. The summed E-state index contributed by atoms with van der Waals surface area (Å²) in [6.07, 6.45) is 1.98. The molecule has 1 aliphatic heterocycles. The fraction of sp³-hybridized carbons (Fsp3) is 0.500. The molecule has 4 heteroatoms. The van der Waals surface area contributed by atoms with Crippen LogP contribution < -0.4 is 5.73 Å². The van der Waals surface area contributed by atoms with E-state index in [4.69, 9.17) is 17.3 Å². The van der Waals surface area contributed by atoms with Crippen LogP contribution in [0, 0.1) is 5.82 Å². The molecule has 0 aliphatic carbocycles. The van der Waals surface area contributed by atoms with Crippen LogP contribution in [0.3, 0.4) is 0 Å². The summed E-state index contributed by atoms with van der Waals surface area (Å²) < 4.78 is 13.7. The summed E-state index contributed by atoms with van der Waals surface area (Å²) >= 11 is 5.74. The van der Waals surface area contributed by atoms with Gasteiger partial charge in [0.25, 0.3) is 0 Å². The number of hydrogen-bond acceptors (Lipinski definition) is 2. The molecule has 1 saturated heterocycles. The molecular formula is C12H16ClFN2. The minimum atomic E-state index is -0.293. The van der Waals surface area contributed by atoms with Crippen molar-refractivity contribution in [1.82, 2.24) is 4.90 Å². The first-order valence-corrected chi connectivity index (χ1v) is 5.95. The molecule has 0 spiro atoms. The zero-order chi connectivity index (χ0) is 11.5. The molecule has 0 unspecified atom stereocenters. The molecular weight excluding hydrogens is 227 g/mol. The van der Waals surface area contributed by atoms with E-state index in [0.717, 1.165) is 25.9 Å². The van der Waals surface area contributed by atoms with Gasteiger partial charge in [0.1, 0.15) is 5.82 Å². The summed E-state index contributed by atoms with van der Waals surface area (Å²) in [6, 6.07) is 5.46. The third-order valence-electron chi connectivity index (χ3n) is 3.06. The highest BCUT2D eigenvalue weighted by Gasteiger charge is 2.17. The summed E-state index contributed by atoms with van der Waals surface area (Å²) in [5.41, 5.74) is 6.49. The van der Waals surface area contributed by atoms with Gasteiger partial charge >= 0.3 is 0 Å². The predicted octanol–water partition coefficient (Wildman–Crippen LogP) is 2.40. The van der Waals surface area contributed by atoms with Crippen molar-refractivity contribution in [3.05, 3.63) is 34.6 Å². The number of piperidine rings is 1. The SMILES string of the molecule is NC1CCN(Cc2cccc(Cl)c2F)CC1. The fourth-order valence-electron chi connectivity index (χ4n) is 2.02. The highest BCUT2D eigenvalue weighted by molar-refractivity contribution is 6.30. The lowest BCUT2D eigenvalue weighted by atomic mass is 10.1. The number of halogens is 2. The van der Waals surface area contributed by atoms with Gasteiger partial charge in [0.2, 0.25) is 0 Å². The van der Waals surface area contributed by atoms with Gasteiger partial charge in [-0.05, 0) is 32.0 Å². The number of nitrogens with two attached hydrogens (primary N) is 1. The van der Waals surface area contributed by atoms with Crippen molar-refractivity contribution in [3.63, 3.8) is 0 Å². The van der Waals surface area contributed by atoms with Crippen molar-refractivity contribution in [1.29, 1.82) is 0 Å². The third kappa shape index (κ3) is 2.73. The van der Waals surface area contributed by atoms with Crippen LogP contribution >= 0.6 is 11.6 Å². The van der Waals surface area contributed by atoms with Crippen molar-refractivity contribution in [3.8, 4) is 0 Å². The van der Waals surface area contributed by atoms with E-state index >= 15 is 0 Å². The van der Waals surface area contributed by atoms with Gasteiger partial charge in [0.15, 0.2) is 0 Å². The molecule has 16 heavy (non-hydrogen) atoms. The quantitative estimate of drug-likeness (QED) is 0.863. The number of benzene rings is 1. The second-order valence-electron chi connectivity index (χ2n) is 4.33. The number of nitrogens with zero attached hydrogens (tertiary/aromatic N) is 1. The molecule has 2 rings (SSSR count). The molecule has 0 aromatic heterocycles. The Morgan fingerprint density at radius 3 is 2.75 bits per heavy atom. The Morgan fingerprint density at radius 1 is 1.38 bits per heavy atom. The molecule has 2 nitrogen and oxygen atoms in total. The predicted molar refractivity (Wildman–Crippen MR) is 63.9 cm³/mol. The van der Waals surface area contributed by atoms with Crippen LogP contribution in [0.5, 0.6) is 0 Å². The number of rotatable bonds is 2. The average Bonchev–Trinajstić information content (AvgIpc) is 2.28. The van der Waals surface area contributed by atoms with Gasteiger partial charge < -0.3 is 5.73 Å². The van der Waals surface area contributed by atoms with Crippen molar-refractivity contribution < 1.29 is 4.39 Å². The minimum Gasteiger partial charge on any atom is -0.328 e. The van der Waals surface area contributed by atoms with Gasteiger partial charge in [-0.2, -0.15) is 0 Å². The lowest BCUT2D eigenvalue weighted by Crippen LogP contribution is -2.39. The lowest BCUT2D eigenvalue weighted by molar-refractivity contribution is 0.203. The molecule has 1 aliphatic rings. The second kappa shape index (κ2) is 5.13. The summed E-state index contributed by atoms with van der Waals surface area (Å²) in [5, 5.41) is 0.200. The van der Waals surface area contributed by atoms with Crippen LogP contribution in [-0.4, -0.2) is 24.0 Å². The molecule has 0 saturated carbocycles. The van der Waals surface area contributed by atoms with Crippen LogP contribution in [0.2, 0.25) is 5.02 Å². The minimum absolute atomic E-state index is 0.200. The van der Waals surface area contributed by atoms with E-state index in [0.29, 0.717) is 18.2 Å². The average molecular weight is 243 g/mol. The molecule has 2 N–H and O–H groups in total. The van der Waals surface area contributed by atoms with Crippen LogP contribution in [0.15, 0.2) is 18.2 Å². The van der Waals surface area contributed by atoms with Crippen LogP contribution in [0.4, 0.5) is 4.39 Å². The third-order valence-corrected chi connectivity index (χ3v) is 3.35. The van der Waals surface area contributed by atoms with E-state index in [2.05, 4.69) is 4.90 Å². The Kier molecular flexibility index (Phi) is 3.79. The summed E-state index contributed by atoms with van der Waals surface area (Å²) in [4.78, 5) is 2.22. The van der Waals surface area contributed by atoms with E-state index in [1.54, 1.807) is 18.2 Å². The number of hydrogen-bond donors (Lipinski definition) is 1. The summed E-state index contributed by atoms with van der Waals surface area (Å²) in [6.45, 7) is 2.50. The van der Waals surface area contributed by atoms with Gasteiger partial charge in [-0.25, -0.2) is 4.39 Å². The fourth-order valence-corrected chi connectivity index (χ4v) is 2.22. The van der Waals surface area contributed by atoms with Crippen molar-refractivity contribution in [2.75, 3.05) is 13.1 Å². The Bertz CT molecular complexity index is 362. The highest BCUT2D eigenvalue weighted by Crippen LogP contribution is 2.20. The second-order valence-corrected chi connectivity index (χ2v) is 4.73. The first kappa shape index (κ1) is 11.8. The topological polar surface area (TPSA) is 29.3 Å². The van der Waals surface area contributed by atoms with E-state index in [1.807, 2.05) is 0 Å². The zero-order valence-corrected chi connectivity index (χ0v) is 9.88. The lowest BCUT2D eigenvalue weighted by Gasteiger charge is -2.30. The van der Waals surface area contributed by atoms with Crippen LogP contribution in [0.25, 0.3) is 0 Å². The zero-order valence-electron chi connectivity index (χ0n) is 9.13. The monoisotopic (exact) mass is 242 g/mol. The molecule has 88 valence electrons. The Hall–Kier alpha value is -0.640. The van der Waals surface area contributed by atoms with Gasteiger partial charge in [-0.15, -0.1) is 0 Å². The first-order valence-electron chi connectivity index (χ1n) is 5.57. The van der Waals surface area contributed by atoms with Gasteiger partial charge in [-0.1, -0.05) is 23.7 Å². The Morgan fingerprint density at radius 2 is 2.06 bits per heavy atom. The summed E-state index contributed by atoms with van der Waals surface area (Å²) in [5.74, 6) is -0.293. The molecule has 1 aromatic rings. The normalized spacial score (nSPS) is 18.9.